The van der Waals surface area contributed by atoms with Crippen molar-refractivity contribution < 1.29 is 14.3 Å². The zero-order valence-electron chi connectivity index (χ0n) is 16.5. The van der Waals surface area contributed by atoms with Gasteiger partial charge in [0.15, 0.2) is 4.96 Å². The molecular weight excluding hydrogens is 374 g/mol. The van der Waals surface area contributed by atoms with Crippen molar-refractivity contribution in [2.45, 2.75) is 33.1 Å². The van der Waals surface area contributed by atoms with E-state index in [1.54, 1.807) is 18.9 Å². The first-order valence-electron chi connectivity index (χ1n) is 9.46. The van der Waals surface area contributed by atoms with Gasteiger partial charge in [0.2, 0.25) is 5.91 Å². The molecule has 0 N–H and O–H groups in total. The number of carbonyl (C=O) groups is 2. The lowest BCUT2D eigenvalue weighted by Crippen LogP contribution is -2.31. The van der Waals surface area contributed by atoms with Crippen molar-refractivity contribution in [1.29, 1.82) is 0 Å². The summed E-state index contributed by atoms with van der Waals surface area (Å²) >= 11 is 1.52. The standard InChI is InChI=1S/C21H25N3O3S/c1-4-15-6-8-16(9-7-15)18-13-24-17(14-28-21(24)22-18)12-19(25)23(3)11-10-20(26)27-5-2/h6-9,13-14H,4-5,10-12H2,1-3H3. The number of aromatic nitrogens is 2. The molecule has 1 aromatic carbocycles. The lowest BCUT2D eigenvalue weighted by atomic mass is 10.1. The Hall–Kier alpha value is -2.67. The van der Waals surface area contributed by atoms with Crippen LogP contribution in [0.5, 0.6) is 0 Å². The van der Waals surface area contributed by atoms with E-state index >= 15 is 0 Å². The van der Waals surface area contributed by atoms with E-state index < -0.39 is 0 Å². The molecule has 0 saturated carbocycles. The van der Waals surface area contributed by atoms with Crippen LogP contribution in [-0.2, 0) is 27.2 Å². The minimum absolute atomic E-state index is 0.0356. The van der Waals surface area contributed by atoms with Crippen LogP contribution in [0, 0.1) is 0 Å². The van der Waals surface area contributed by atoms with Gasteiger partial charge in [-0.15, -0.1) is 11.3 Å². The Balaban J connectivity index is 1.68. The zero-order valence-corrected chi connectivity index (χ0v) is 17.3. The van der Waals surface area contributed by atoms with Crippen LogP contribution in [0.3, 0.4) is 0 Å². The largest absolute Gasteiger partial charge is 0.466 e. The number of rotatable bonds is 8. The van der Waals surface area contributed by atoms with Crippen molar-refractivity contribution in [2.24, 2.45) is 0 Å². The second kappa shape index (κ2) is 9.01. The number of nitrogens with zero attached hydrogens (tertiary/aromatic N) is 3. The van der Waals surface area contributed by atoms with E-state index in [4.69, 9.17) is 4.74 Å². The minimum atomic E-state index is -0.284. The van der Waals surface area contributed by atoms with Gasteiger partial charge in [0.05, 0.1) is 25.1 Å². The Labute approximate surface area is 168 Å². The Morgan fingerprint density at radius 1 is 1.21 bits per heavy atom. The summed E-state index contributed by atoms with van der Waals surface area (Å²) in [5.74, 6) is -0.319. The Morgan fingerprint density at radius 2 is 1.96 bits per heavy atom. The molecule has 0 saturated heterocycles. The summed E-state index contributed by atoms with van der Waals surface area (Å²) < 4.78 is 6.88. The van der Waals surface area contributed by atoms with Gasteiger partial charge in [-0.3, -0.25) is 14.0 Å². The number of ether oxygens (including phenoxy) is 1. The number of carbonyl (C=O) groups excluding carboxylic acids is 2. The van der Waals surface area contributed by atoms with Gasteiger partial charge in [-0.25, -0.2) is 4.98 Å². The van der Waals surface area contributed by atoms with Crippen molar-refractivity contribution in [3.8, 4) is 11.3 Å². The third-order valence-electron chi connectivity index (χ3n) is 4.66. The minimum Gasteiger partial charge on any atom is -0.466 e. The number of hydrogen-bond acceptors (Lipinski definition) is 5. The fourth-order valence-corrected chi connectivity index (χ4v) is 3.79. The van der Waals surface area contributed by atoms with Crippen molar-refractivity contribution in [2.75, 3.05) is 20.2 Å². The summed E-state index contributed by atoms with van der Waals surface area (Å²) in [6, 6.07) is 8.40. The summed E-state index contributed by atoms with van der Waals surface area (Å²) in [6.07, 6.45) is 3.46. The van der Waals surface area contributed by atoms with Crippen LogP contribution >= 0.6 is 11.3 Å². The molecule has 7 heteroatoms. The molecule has 0 radical (unpaired) electrons. The van der Waals surface area contributed by atoms with Crippen molar-refractivity contribution >= 4 is 28.2 Å². The first-order chi connectivity index (χ1) is 13.5. The van der Waals surface area contributed by atoms with Gasteiger partial charge < -0.3 is 9.64 Å². The zero-order chi connectivity index (χ0) is 20.1. The van der Waals surface area contributed by atoms with Crippen LogP contribution in [0.15, 0.2) is 35.8 Å². The molecule has 3 rings (SSSR count). The van der Waals surface area contributed by atoms with E-state index in [1.807, 2.05) is 16.0 Å². The summed E-state index contributed by atoms with van der Waals surface area (Å²) in [7, 11) is 1.71. The maximum absolute atomic E-state index is 12.5. The van der Waals surface area contributed by atoms with E-state index in [9.17, 15) is 9.59 Å². The number of thiazole rings is 1. The molecule has 0 bridgehead atoms. The molecule has 28 heavy (non-hydrogen) atoms. The van der Waals surface area contributed by atoms with Crippen LogP contribution < -0.4 is 0 Å². The fraction of sp³-hybridized carbons (Fsp3) is 0.381. The lowest BCUT2D eigenvalue weighted by Gasteiger charge is -2.16. The summed E-state index contributed by atoms with van der Waals surface area (Å²) in [5, 5.41) is 1.96. The molecule has 0 aliphatic rings. The van der Waals surface area contributed by atoms with Gasteiger partial charge in [-0.1, -0.05) is 31.2 Å². The second-order valence-corrected chi connectivity index (χ2v) is 7.44. The van der Waals surface area contributed by atoms with Crippen molar-refractivity contribution in [3.05, 3.63) is 47.1 Å². The molecule has 0 spiro atoms. The molecule has 0 aliphatic heterocycles. The third-order valence-corrected chi connectivity index (χ3v) is 5.54. The molecule has 6 nitrogen and oxygen atoms in total. The van der Waals surface area contributed by atoms with E-state index in [2.05, 4.69) is 36.2 Å². The number of aryl methyl sites for hydroxylation is 1. The number of benzene rings is 1. The van der Waals surface area contributed by atoms with Gasteiger partial charge in [0, 0.05) is 36.4 Å². The molecule has 0 atom stereocenters. The van der Waals surface area contributed by atoms with E-state index in [0.717, 1.165) is 28.3 Å². The molecule has 2 aromatic heterocycles. The highest BCUT2D eigenvalue weighted by atomic mass is 32.1. The van der Waals surface area contributed by atoms with Crippen LogP contribution in [-0.4, -0.2) is 46.4 Å². The number of imidazole rings is 1. The molecule has 2 heterocycles. The normalized spacial score (nSPS) is 11.0. The average molecular weight is 400 g/mol. The number of hydrogen-bond donors (Lipinski definition) is 0. The third kappa shape index (κ3) is 4.59. The van der Waals surface area contributed by atoms with E-state index in [0.29, 0.717) is 13.2 Å². The van der Waals surface area contributed by atoms with Crippen molar-refractivity contribution in [3.63, 3.8) is 0 Å². The number of amides is 1. The molecule has 148 valence electrons. The first-order valence-corrected chi connectivity index (χ1v) is 10.3. The quantitative estimate of drug-likeness (QED) is 0.543. The number of fused-ring (bicyclic) bond motifs is 1. The topological polar surface area (TPSA) is 63.9 Å². The van der Waals surface area contributed by atoms with Crippen LogP contribution in [0.4, 0.5) is 0 Å². The van der Waals surface area contributed by atoms with Gasteiger partial charge in [0.25, 0.3) is 0 Å². The number of esters is 1. The molecule has 1 amide bonds. The van der Waals surface area contributed by atoms with E-state index in [1.165, 1.54) is 16.9 Å². The van der Waals surface area contributed by atoms with E-state index in [-0.39, 0.29) is 24.7 Å². The van der Waals surface area contributed by atoms with Gasteiger partial charge in [0.1, 0.15) is 0 Å². The summed E-state index contributed by atoms with van der Waals surface area (Å²) in [6.45, 7) is 4.61. The fourth-order valence-electron chi connectivity index (χ4n) is 2.91. The highest BCUT2D eigenvalue weighted by Gasteiger charge is 2.16. The molecule has 0 fully saturated rings. The number of likely N-dealkylation sites (N-methyl/N-ethyl adjacent to an activating group) is 1. The Bertz CT molecular complexity index is 959. The predicted molar refractivity (Wildman–Crippen MR) is 110 cm³/mol. The van der Waals surface area contributed by atoms with Gasteiger partial charge >= 0.3 is 5.97 Å². The summed E-state index contributed by atoms with van der Waals surface area (Å²) in [4.78, 5) is 31.1. The first kappa shape index (κ1) is 20.1. The highest BCUT2D eigenvalue weighted by Crippen LogP contribution is 2.24. The van der Waals surface area contributed by atoms with Gasteiger partial charge in [-0.05, 0) is 18.9 Å². The Kier molecular flexibility index (Phi) is 6.46. The average Bonchev–Trinajstić information content (AvgIpc) is 3.28. The maximum Gasteiger partial charge on any atom is 0.307 e. The second-order valence-electron chi connectivity index (χ2n) is 6.60. The highest BCUT2D eigenvalue weighted by molar-refractivity contribution is 7.15. The lowest BCUT2D eigenvalue weighted by molar-refractivity contribution is -0.143. The van der Waals surface area contributed by atoms with Crippen LogP contribution in [0.2, 0.25) is 0 Å². The smallest absolute Gasteiger partial charge is 0.307 e. The maximum atomic E-state index is 12.5. The molecule has 0 unspecified atom stereocenters. The molecule has 0 aliphatic carbocycles. The van der Waals surface area contributed by atoms with Crippen LogP contribution in [0.1, 0.15) is 31.5 Å². The van der Waals surface area contributed by atoms with Crippen molar-refractivity contribution in [1.82, 2.24) is 14.3 Å². The van der Waals surface area contributed by atoms with Gasteiger partial charge in [-0.2, -0.15) is 0 Å². The van der Waals surface area contributed by atoms with Crippen LogP contribution in [0.25, 0.3) is 16.2 Å². The molecular formula is C21H25N3O3S. The summed E-state index contributed by atoms with van der Waals surface area (Å²) in [5.41, 5.74) is 4.16. The molecule has 3 aromatic rings. The SMILES string of the molecule is CCOC(=O)CCN(C)C(=O)Cc1csc2nc(-c3ccc(CC)cc3)cn12. The predicted octanol–water partition coefficient (Wildman–Crippen LogP) is 3.58. The Morgan fingerprint density at radius 3 is 2.64 bits per heavy atom. The monoisotopic (exact) mass is 399 g/mol.